The van der Waals surface area contributed by atoms with E-state index in [1.807, 2.05) is 0 Å². The van der Waals surface area contributed by atoms with Gasteiger partial charge in [-0.15, -0.1) is 0 Å². The van der Waals surface area contributed by atoms with Crippen molar-refractivity contribution >= 4 is 0 Å². The van der Waals surface area contributed by atoms with E-state index in [9.17, 15) is 5.11 Å². The third kappa shape index (κ3) is 3.30. The highest BCUT2D eigenvalue weighted by atomic mass is 16.3. The minimum atomic E-state index is 0.220. The van der Waals surface area contributed by atoms with E-state index < -0.39 is 0 Å². The van der Waals surface area contributed by atoms with Gasteiger partial charge in [0.2, 0.25) is 0 Å². The fraction of sp³-hybridized carbons (Fsp3) is 0.600. The van der Waals surface area contributed by atoms with Crippen LogP contribution >= 0.6 is 0 Å². The number of hydrogen-bond acceptors (Lipinski definition) is 2. The lowest BCUT2D eigenvalue weighted by Gasteiger charge is -2.22. The summed E-state index contributed by atoms with van der Waals surface area (Å²) in [4.78, 5) is 2.32. The van der Waals surface area contributed by atoms with Crippen LogP contribution in [0, 0.1) is 5.41 Å². The standard InChI is InChI=1S/C15H23NO/c1-3-13-4-6-14(7-5-13)10-16(2)11-15(12-17)8-9-15/h4-7,17H,3,8-12H2,1-2H3. The number of rotatable bonds is 6. The third-order valence-corrected chi connectivity index (χ3v) is 3.78. The van der Waals surface area contributed by atoms with Crippen LogP contribution in [0.1, 0.15) is 30.9 Å². The first-order chi connectivity index (χ1) is 8.17. The van der Waals surface area contributed by atoms with Crippen molar-refractivity contribution in [1.82, 2.24) is 4.90 Å². The second-order valence-electron chi connectivity index (χ2n) is 5.50. The maximum absolute atomic E-state index is 9.31. The van der Waals surface area contributed by atoms with E-state index in [1.165, 1.54) is 24.0 Å². The largest absolute Gasteiger partial charge is 0.396 e. The predicted molar refractivity (Wildman–Crippen MR) is 70.9 cm³/mol. The van der Waals surface area contributed by atoms with E-state index in [0.717, 1.165) is 19.5 Å². The van der Waals surface area contributed by atoms with Crippen LogP contribution < -0.4 is 0 Å². The van der Waals surface area contributed by atoms with Crippen molar-refractivity contribution in [3.8, 4) is 0 Å². The van der Waals surface area contributed by atoms with Crippen molar-refractivity contribution in [2.45, 2.75) is 32.7 Å². The lowest BCUT2D eigenvalue weighted by molar-refractivity contribution is 0.161. The van der Waals surface area contributed by atoms with Crippen molar-refractivity contribution in [3.05, 3.63) is 35.4 Å². The van der Waals surface area contributed by atoms with Crippen LogP contribution in [0.25, 0.3) is 0 Å². The molecule has 0 atom stereocenters. The molecule has 0 unspecified atom stereocenters. The molecule has 1 saturated carbocycles. The zero-order valence-corrected chi connectivity index (χ0v) is 10.9. The van der Waals surface area contributed by atoms with Gasteiger partial charge in [-0.05, 0) is 37.4 Å². The van der Waals surface area contributed by atoms with E-state index in [1.54, 1.807) is 0 Å². The molecule has 17 heavy (non-hydrogen) atoms. The Balaban J connectivity index is 1.87. The van der Waals surface area contributed by atoms with Crippen molar-refractivity contribution in [1.29, 1.82) is 0 Å². The predicted octanol–water partition coefficient (Wildman–Crippen LogP) is 2.45. The molecule has 1 aliphatic rings. The van der Waals surface area contributed by atoms with Crippen LogP contribution in [0.4, 0.5) is 0 Å². The maximum atomic E-state index is 9.31. The monoisotopic (exact) mass is 233 g/mol. The van der Waals surface area contributed by atoms with Crippen LogP contribution in [0.15, 0.2) is 24.3 Å². The zero-order valence-electron chi connectivity index (χ0n) is 10.9. The van der Waals surface area contributed by atoms with Crippen LogP contribution in [0.5, 0.6) is 0 Å². The van der Waals surface area contributed by atoms with Crippen LogP contribution in [-0.2, 0) is 13.0 Å². The Morgan fingerprint density at radius 1 is 1.18 bits per heavy atom. The fourth-order valence-corrected chi connectivity index (χ4v) is 2.36. The molecule has 0 aromatic heterocycles. The van der Waals surface area contributed by atoms with Crippen LogP contribution in [0.2, 0.25) is 0 Å². The first kappa shape index (κ1) is 12.6. The summed E-state index contributed by atoms with van der Waals surface area (Å²) in [6.45, 7) is 4.51. The lowest BCUT2D eigenvalue weighted by atomic mass is 10.1. The summed E-state index contributed by atoms with van der Waals surface area (Å²) in [6, 6.07) is 8.85. The Morgan fingerprint density at radius 2 is 1.76 bits per heavy atom. The SMILES string of the molecule is CCc1ccc(CN(C)CC2(CO)CC2)cc1. The molecule has 2 heteroatoms. The van der Waals surface area contributed by atoms with E-state index in [4.69, 9.17) is 0 Å². The van der Waals surface area contributed by atoms with Crippen LogP contribution in [-0.4, -0.2) is 30.2 Å². The molecule has 1 aromatic carbocycles. The van der Waals surface area contributed by atoms with Gasteiger partial charge in [0.1, 0.15) is 0 Å². The number of benzene rings is 1. The number of aliphatic hydroxyl groups is 1. The molecule has 1 aromatic rings. The first-order valence-corrected chi connectivity index (χ1v) is 6.55. The molecule has 2 nitrogen and oxygen atoms in total. The van der Waals surface area contributed by atoms with Crippen molar-refractivity contribution < 1.29 is 5.11 Å². The Labute approximate surface area is 104 Å². The molecule has 0 heterocycles. The second kappa shape index (κ2) is 5.19. The molecule has 94 valence electrons. The summed E-state index contributed by atoms with van der Waals surface area (Å²) in [5, 5.41) is 9.31. The quantitative estimate of drug-likeness (QED) is 0.816. The molecule has 0 aliphatic heterocycles. The smallest absolute Gasteiger partial charge is 0.0499 e. The van der Waals surface area contributed by atoms with Gasteiger partial charge in [0.05, 0.1) is 0 Å². The maximum Gasteiger partial charge on any atom is 0.0499 e. The van der Waals surface area contributed by atoms with E-state index in [0.29, 0.717) is 6.61 Å². The van der Waals surface area contributed by atoms with Crippen molar-refractivity contribution in [2.24, 2.45) is 5.41 Å². The summed E-state index contributed by atoms with van der Waals surface area (Å²) in [5.74, 6) is 0. The lowest BCUT2D eigenvalue weighted by Crippen LogP contribution is -2.28. The molecule has 0 saturated heterocycles. The van der Waals surface area contributed by atoms with Gasteiger partial charge >= 0.3 is 0 Å². The summed E-state index contributed by atoms with van der Waals surface area (Å²) in [5.41, 5.74) is 2.97. The molecule has 0 bridgehead atoms. The average Bonchev–Trinajstić information content (AvgIpc) is 3.10. The molecule has 1 N–H and O–H groups in total. The average molecular weight is 233 g/mol. The number of aryl methyl sites for hydroxylation is 1. The normalized spacial score (nSPS) is 17.4. The van der Waals surface area contributed by atoms with E-state index >= 15 is 0 Å². The summed E-state index contributed by atoms with van der Waals surface area (Å²) in [7, 11) is 2.14. The van der Waals surface area contributed by atoms with Gasteiger partial charge in [-0.3, -0.25) is 0 Å². The Kier molecular flexibility index (Phi) is 3.85. The molecular weight excluding hydrogens is 210 g/mol. The second-order valence-corrected chi connectivity index (χ2v) is 5.50. The third-order valence-electron chi connectivity index (χ3n) is 3.78. The number of nitrogens with zero attached hydrogens (tertiary/aromatic N) is 1. The summed E-state index contributed by atoms with van der Waals surface area (Å²) >= 11 is 0. The molecule has 0 spiro atoms. The number of aliphatic hydroxyl groups excluding tert-OH is 1. The molecule has 0 radical (unpaired) electrons. The Hall–Kier alpha value is -0.860. The molecule has 0 amide bonds. The molecular formula is C15H23NO. The van der Waals surface area contributed by atoms with E-state index in [2.05, 4.69) is 43.1 Å². The molecule has 2 rings (SSSR count). The highest BCUT2D eigenvalue weighted by Crippen LogP contribution is 2.45. The highest BCUT2D eigenvalue weighted by Gasteiger charge is 2.42. The van der Waals surface area contributed by atoms with E-state index in [-0.39, 0.29) is 5.41 Å². The van der Waals surface area contributed by atoms with Gasteiger partial charge in [-0.25, -0.2) is 0 Å². The Morgan fingerprint density at radius 3 is 2.24 bits per heavy atom. The minimum Gasteiger partial charge on any atom is -0.396 e. The molecule has 1 aliphatic carbocycles. The zero-order chi connectivity index (χ0) is 12.3. The Bertz CT molecular complexity index is 354. The van der Waals surface area contributed by atoms with Gasteiger partial charge in [-0.2, -0.15) is 0 Å². The van der Waals surface area contributed by atoms with Gasteiger partial charge in [0.15, 0.2) is 0 Å². The first-order valence-electron chi connectivity index (χ1n) is 6.55. The summed E-state index contributed by atoms with van der Waals surface area (Å²) in [6.07, 6.45) is 3.47. The van der Waals surface area contributed by atoms with Gasteiger partial charge < -0.3 is 10.0 Å². The van der Waals surface area contributed by atoms with Gasteiger partial charge in [0.25, 0.3) is 0 Å². The van der Waals surface area contributed by atoms with Gasteiger partial charge in [-0.1, -0.05) is 31.2 Å². The molecule has 1 fully saturated rings. The van der Waals surface area contributed by atoms with Crippen LogP contribution in [0.3, 0.4) is 0 Å². The fourth-order valence-electron chi connectivity index (χ4n) is 2.36. The number of hydrogen-bond donors (Lipinski definition) is 1. The van der Waals surface area contributed by atoms with Crippen molar-refractivity contribution in [3.63, 3.8) is 0 Å². The highest BCUT2D eigenvalue weighted by molar-refractivity contribution is 5.22. The van der Waals surface area contributed by atoms with Gasteiger partial charge in [0, 0.05) is 25.1 Å². The topological polar surface area (TPSA) is 23.5 Å². The minimum absolute atomic E-state index is 0.220. The summed E-state index contributed by atoms with van der Waals surface area (Å²) < 4.78 is 0. The van der Waals surface area contributed by atoms with Crippen molar-refractivity contribution in [2.75, 3.05) is 20.2 Å².